The van der Waals surface area contributed by atoms with Crippen LogP contribution in [0.4, 0.5) is 0 Å². The molecular formula is C24H17IN+. The van der Waals surface area contributed by atoms with Gasteiger partial charge in [-0.3, -0.25) is 0 Å². The number of para-hydroxylation sites is 2. The Morgan fingerprint density at radius 2 is 0.962 bits per heavy atom. The summed E-state index contributed by atoms with van der Waals surface area (Å²) in [5.41, 5.74) is 3.75. The Labute approximate surface area is 163 Å². The van der Waals surface area contributed by atoms with Crippen LogP contribution < -0.4 is 21.2 Å². The van der Waals surface area contributed by atoms with Gasteiger partial charge in [-0.1, -0.05) is 54.6 Å². The first-order valence-corrected chi connectivity index (χ1v) is 10.8. The summed E-state index contributed by atoms with van der Waals surface area (Å²) in [5, 5.41) is 2.62. The Balaban J connectivity index is 1.61. The summed E-state index contributed by atoms with van der Waals surface area (Å²) in [5.74, 6) is 0. The first-order chi connectivity index (χ1) is 12.9. The van der Waals surface area contributed by atoms with Gasteiger partial charge in [0.1, 0.15) is 0 Å². The molecule has 0 aliphatic heterocycles. The zero-order valence-corrected chi connectivity index (χ0v) is 16.3. The molecule has 0 fully saturated rings. The molecule has 0 saturated carbocycles. The van der Waals surface area contributed by atoms with Crippen LogP contribution >= 0.6 is 0 Å². The van der Waals surface area contributed by atoms with E-state index in [1.54, 1.807) is 0 Å². The van der Waals surface area contributed by atoms with Gasteiger partial charge in [-0.2, -0.15) is 0 Å². The molecule has 5 aromatic rings. The third kappa shape index (κ3) is 2.71. The van der Waals surface area contributed by atoms with E-state index in [9.17, 15) is 0 Å². The molecule has 0 N–H and O–H groups in total. The maximum absolute atomic E-state index is 2.37. The number of halogens is 1. The molecule has 1 aromatic heterocycles. The van der Waals surface area contributed by atoms with Crippen LogP contribution in [0.5, 0.6) is 0 Å². The molecule has 124 valence electrons. The Hall–Kier alpha value is -2.59. The third-order valence-electron chi connectivity index (χ3n) is 4.62. The third-order valence-corrected chi connectivity index (χ3v) is 7.30. The van der Waals surface area contributed by atoms with Gasteiger partial charge in [0, 0.05) is 16.5 Å². The molecule has 4 aromatic carbocycles. The van der Waals surface area contributed by atoms with Crippen molar-refractivity contribution < 1.29 is 21.2 Å². The second kappa shape index (κ2) is 6.61. The average molecular weight is 446 g/mol. The maximum atomic E-state index is 2.37. The van der Waals surface area contributed by atoms with Gasteiger partial charge in [-0.05, 0) is 48.5 Å². The highest BCUT2D eigenvalue weighted by Gasteiger charge is 2.16. The molecule has 0 unspecified atom stereocenters. The second-order valence-electron chi connectivity index (χ2n) is 6.24. The minimum absolute atomic E-state index is 0.122. The molecular weight excluding hydrogens is 429 g/mol. The van der Waals surface area contributed by atoms with Gasteiger partial charge in [0.25, 0.3) is 0 Å². The van der Waals surface area contributed by atoms with Crippen LogP contribution in [0.3, 0.4) is 0 Å². The number of fused-ring (bicyclic) bond motifs is 3. The number of hydrogen-bond acceptors (Lipinski definition) is 0. The molecule has 0 saturated heterocycles. The van der Waals surface area contributed by atoms with Crippen molar-refractivity contribution >= 4 is 21.8 Å². The normalized spacial score (nSPS) is 11.2. The van der Waals surface area contributed by atoms with E-state index < -0.39 is 0 Å². The topological polar surface area (TPSA) is 4.93 Å². The number of hydrogen-bond donors (Lipinski definition) is 0. The fourth-order valence-electron chi connectivity index (χ4n) is 3.46. The Kier molecular flexibility index (Phi) is 3.98. The Morgan fingerprint density at radius 1 is 0.462 bits per heavy atom. The van der Waals surface area contributed by atoms with Crippen LogP contribution in [0.15, 0.2) is 103 Å². The fourth-order valence-corrected chi connectivity index (χ4v) is 5.67. The first kappa shape index (κ1) is 15.6. The largest absolute Gasteiger partial charge is 0.357 e. The predicted octanol–water partition coefficient (Wildman–Crippen LogP) is 2.91. The molecule has 0 aliphatic carbocycles. The Bertz CT molecular complexity index is 1130. The number of benzene rings is 4. The lowest BCUT2D eigenvalue weighted by Gasteiger charge is -2.07. The van der Waals surface area contributed by atoms with E-state index in [1.807, 2.05) is 0 Å². The lowest BCUT2D eigenvalue weighted by atomic mass is 10.2. The second-order valence-corrected chi connectivity index (χ2v) is 9.27. The fraction of sp³-hybridized carbons (Fsp3) is 0. The maximum Gasteiger partial charge on any atom is 0.357 e. The standard InChI is InChI=1S/C24H17IN/c1-2-8-18(9-3-1)25-19-14-16-20(17-15-19)26-23-12-6-4-10-21(23)22-11-5-7-13-24(22)26/h1-17H/q+1. The van der Waals surface area contributed by atoms with Gasteiger partial charge in [0.15, 0.2) is 7.14 Å². The van der Waals surface area contributed by atoms with E-state index in [4.69, 9.17) is 0 Å². The minimum atomic E-state index is -0.122. The van der Waals surface area contributed by atoms with Crippen molar-refractivity contribution in [2.24, 2.45) is 0 Å². The number of nitrogens with zero attached hydrogens (tertiary/aromatic N) is 1. The molecule has 0 spiro atoms. The summed E-state index contributed by atoms with van der Waals surface area (Å²) in [6, 6.07) is 37.2. The summed E-state index contributed by atoms with van der Waals surface area (Å²) >= 11 is -0.122. The minimum Gasteiger partial charge on any atom is -0.309 e. The summed E-state index contributed by atoms with van der Waals surface area (Å²) in [6.07, 6.45) is 0. The van der Waals surface area contributed by atoms with E-state index in [2.05, 4.69) is 108 Å². The van der Waals surface area contributed by atoms with Crippen molar-refractivity contribution in [1.82, 2.24) is 4.57 Å². The van der Waals surface area contributed by atoms with Crippen molar-refractivity contribution in [3.8, 4) is 5.69 Å². The molecule has 0 amide bonds. The van der Waals surface area contributed by atoms with Gasteiger partial charge in [-0.15, -0.1) is 0 Å². The Morgan fingerprint density at radius 3 is 1.58 bits per heavy atom. The van der Waals surface area contributed by atoms with Crippen LogP contribution in [0.2, 0.25) is 0 Å². The highest BCUT2D eigenvalue weighted by Crippen LogP contribution is 2.31. The molecule has 5 rings (SSSR count). The predicted molar refractivity (Wildman–Crippen MR) is 105 cm³/mol. The number of aromatic nitrogens is 1. The molecule has 2 heteroatoms. The van der Waals surface area contributed by atoms with Crippen molar-refractivity contribution in [2.45, 2.75) is 0 Å². The molecule has 0 aliphatic rings. The molecule has 1 heterocycles. The van der Waals surface area contributed by atoms with Gasteiger partial charge in [-0.25, -0.2) is 0 Å². The lowest BCUT2D eigenvalue weighted by molar-refractivity contribution is -0.597. The van der Waals surface area contributed by atoms with Crippen LogP contribution in [-0.4, -0.2) is 4.57 Å². The smallest absolute Gasteiger partial charge is 0.309 e. The van der Waals surface area contributed by atoms with Gasteiger partial charge in [0.2, 0.25) is 0 Å². The van der Waals surface area contributed by atoms with Crippen molar-refractivity contribution in [3.63, 3.8) is 0 Å². The molecule has 0 radical (unpaired) electrons. The molecule has 0 bridgehead atoms. The summed E-state index contributed by atoms with van der Waals surface area (Å²) in [4.78, 5) is 0. The zero-order valence-electron chi connectivity index (χ0n) is 14.1. The SMILES string of the molecule is c1ccc([I+]c2ccc(-n3c4ccccc4c4ccccc43)cc2)cc1. The summed E-state index contributed by atoms with van der Waals surface area (Å²) < 4.78 is 5.27. The van der Waals surface area contributed by atoms with Crippen LogP contribution in [0.25, 0.3) is 27.5 Å². The van der Waals surface area contributed by atoms with Crippen molar-refractivity contribution in [1.29, 1.82) is 0 Å². The van der Waals surface area contributed by atoms with E-state index in [1.165, 1.54) is 34.6 Å². The van der Waals surface area contributed by atoms with E-state index in [-0.39, 0.29) is 21.2 Å². The van der Waals surface area contributed by atoms with E-state index in [0.717, 1.165) is 0 Å². The van der Waals surface area contributed by atoms with Crippen LogP contribution in [-0.2, 0) is 0 Å². The monoisotopic (exact) mass is 446 g/mol. The van der Waals surface area contributed by atoms with Gasteiger partial charge in [0.05, 0.1) is 11.0 Å². The zero-order chi connectivity index (χ0) is 17.3. The highest BCUT2D eigenvalue weighted by atomic mass is 127. The van der Waals surface area contributed by atoms with Crippen molar-refractivity contribution in [3.05, 3.63) is 110 Å². The average Bonchev–Trinajstić information content (AvgIpc) is 3.04. The van der Waals surface area contributed by atoms with E-state index in [0.29, 0.717) is 0 Å². The quantitative estimate of drug-likeness (QED) is 0.376. The van der Waals surface area contributed by atoms with Crippen LogP contribution in [0, 0.1) is 7.14 Å². The molecule has 26 heavy (non-hydrogen) atoms. The highest BCUT2D eigenvalue weighted by molar-refractivity contribution is 6.09. The van der Waals surface area contributed by atoms with Gasteiger partial charge >= 0.3 is 21.2 Å². The molecule has 0 atom stereocenters. The van der Waals surface area contributed by atoms with E-state index >= 15 is 0 Å². The molecule has 1 nitrogen and oxygen atoms in total. The van der Waals surface area contributed by atoms with Crippen molar-refractivity contribution in [2.75, 3.05) is 0 Å². The summed E-state index contributed by atoms with van der Waals surface area (Å²) in [7, 11) is 0. The first-order valence-electron chi connectivity index (χ1n) is 8.69. The van der Waals surface area contributed by atoms with Gasteiger partial charge < -0.3 is 4.57 Å². The van der Waals surface area contributed by atoms with Crippen LogP contribution in [0.1, 0.15) is 0 Å². The lowest BCUT2D eigenvalue weighted by Crippen LogP contribution is -3.61. The summed E-state index contributed by atoms with van der Waals surface area (Å²) in [6.45, 7) is 0. The number of rotatable bonds is 3.